The Morgan fingerprint density at radius 3 is 2.46 bits per heavy atom. The molecule has 0 radical (unpaired) electrons. The summed E-state index contributed by atoms with van der Waals surface area (Å²) in [5.41, 5.74) is 11.3. The first-order valence-electron chi connectivity index (χ1n) is 8.86. The molecule has 0 aliphatic rings. The number of anilines is 1. The van der Waals surface area contributed by atoms with Crippen LogP contribution in [0.3, 0.4) is 0 Å². The van der Waals surface area contributed by atoms with E-state index in [-0.39, 0.29) is 24.0 Å². The van der Waals surface area contributed by atoms with Crippen molar-refractivity contribution in [3.63, 3.8) is 0 Å². The van der Waals surface area contributed by atoms with Crippen LogP contribution in [0.5, 0.6) is 5.88 Å². The van der Waals surface area contributed by atoms with Gasteiger partial charge in [0.15, 0.2) is 5.96 Å². The van der Waals surface area contributed by atoms with Crippen LogP contribution in [-0.4, -0.2) is 10.9 Å². The maximum Gasteiger partial charge on any atom is 0.218 e. The molecule has 0 aliphatic heterocycles. The standard InChI is InChI=1S/C22H24N4O.HI/c1-16-11-17(2)13-20(12-16)26-22(23)25-14-19-9-6-10-24-21(19)27-15-18-7-4-3-5-8-18;/h3-13H,14-15H2,1-2H3,(H3,23,25,26);1H. The van der Waals surface area contributed by atoms with Gasteiger partial charge in [-0.15, -0.1) is 24.0 Å². The highest BCUT2D eigenvalue weighted by Gasteiger charge is 2.05. The second kappa shape index (κ2) is 10.7. The van der Waals surface area contributed by atoms with Crippen LogP contribution in [0.25, 0.3) is 0 Å². The summed E-state index contributed by atoms with van der Waals surface area (Å²) >= 11 is 0. The number of pyridine rings is 1. The summed E-state index contributed by atoms with van der Waals surface area (Å²) in [6.45, 7) is 4.96. The van der Waals surface area contributed by atoms with E-state index in [0.717, 1.165) is 16.8 Å². The summed E-state index contributed by atoms with van der Waals surface area (Å²) in [4.78, 5) is 8.75. The Bertz CT molecular complexity index is 909. The van der Waals surface area contributed by atoms with Gasteiger partial charge in [0.1, 0.15) is 6.61 Å². The van der Waals surface area contributed by atoms with Gasteiger partial charge in [-0.2, -0.15) is 0 Å². The molecule has 146 valence electrons. The summed E-state index contributed by atoms with van der Waals surface area (Å²) < 4.78 is 5.86. The fraction of sp³-hybridized carbons (Fsp3) is 0.182. The zero-order valence-corrected chi connectivity index (χ0v) is 18.4. The van der Waals surface area contributed by atoms with Crippen molar-refractivity contribution >= 4 is 35.6 Å². The number of hydrogen-bond acceptors (Lipinski definition) is 3. The Morgan fingerprint density at radius 2 is 1.75 bits per heavy atom. The lowest BCUT2D eigenvalue weighted by atomic mass is 10.1. The van der Waals surface area contributed by atoms with Crippen LogP contribution >= 0.6 is 24.0 Å². The van der Waals surface area contributed by atoms with E-state index in [9.17, 15) is 0 Å². The Labute approximate surface area is 183 Å². The largest absolute Gasteiger partial charge is 0.473 e. The molecule has 1 aromatic heterocycles. The van der Waals surface area contributed by atoms with Crippen molar-refractivity contribution in [2.45, 2.75) is 27.0 Å². The van der Waals surface area contributed by atoms with Crippen LogP contribution in [-0.2, 0) is 13.2 Å². The Balaban J connectivity index is 0.00000280. The SMILES string of the molecule is Cc1cc(C)cc(NC(N)=NCc2cccnc2OCc2ccccc2)c1.I. The average Bonchev–Trinajstić information content (AvgIpc) is 2.65. The third kappa shape index (κ3) is 6.53. The number of benzene rings is 2. The summed E-state index contributed by atoms with van der Waals surface area (Å²) in [7, 11) is 0. The van der Waals surface area contributed by atoms with E-state index in [1.54, 1.807) is 6.20 Å². The molecule has 3 rings (SSSR count). The zero-order chi connectivity index (χ0) is 19.1. The molecular formula is C22H25IN4O. The predicted molar refractivity (Wildman–Crippen MR) is 125 cm³/mol. The van der Waals surface area contributed by atoms with Crippen molar-refractivity contribution in [2.24, 2.45) is 10.7 Å². The fourth-order valence-corrected chi connectivity index (χ4v) is 2.80. The van der Waals surface area contributed by atoms with Crippen molar-refractivity contribution in [2.75, 3.05) is 5.32 Å². The molecule has 0 amide bonds. The Morgan fingerprint density at radius 1 is 1.04 bits per heavy atom. The quantitative estimate of drug-likeness (QED) is 0.297. The fourth-order valence-electron chi connectivity index (χ4n) is 2.80. The van der Waals surface area contributed by atoms with E-state index in [1.165, 1.54) is 11.1 Å². The third-order valence-electron chi connectivity index (χ3n) is 3.98. The third-order valence-corrected chi connectivity index (χ3v) is 3.98. The van der Waals surface area contributed by atoms with Gasteiger partial charge in [-0.1, -0.05) is 42.5 Å². The maximum atomic E-state index is 6.05. The molecule has 0 aliphatic carbocycles. The first-order chi connectivity index (χ1) is 13.1. The predicted octanol–water partition coefficient (Wildman–Crippen LogP) is 4.82. The van der Waals surface area contributed by atoms with Crippen molar-refractivity contribution in [1.82, 2.24) is 4.98 Å². The highest BCUT2D eigenvalue weighted by atomic mass is 127. The number of halogens is 1. The van der Waals surface area contributed by atoms with Gasteiger partial charge in [-0.05, 0) is 48.7 Å². The van der Waals surface area contributed by atoms with E-state index < -0.39 is 0 Å². The monoisotopic (exact) mass is 488 g/mol. The molecule has 0 saturated heterocycles. The normalized spacial score (nSPS) is 10.9. The van der Waals surface area contributed by atoms with E-state index in [1.807, 2.05) is 54.6 Å². The number of guanidine groups is 1. The van der Waals surface area contributed by atoms with Crippen molar-refractivity contribution < 1.29 is 4.74 Å². The van der Waals surface area contributed by atoms with E-state index in [0.29, 0.717) is 25.0 Å². The van der Waals surface area contributed by atoms with Gasteiger partial charge in [0.25, 0.3) is 0 Å². The number of ether oxygens (including phenoxy) is 1. The number of hydrogen-bond donors (Lipinski definition) is 2. The Hall–Kier alpha value is -2.61. The van der Waals surface area contributed by atoms with Crippen LogP contribution < -0.4 is 15.8 Å². The smallest absolute Gasteiger partial charge is 0.218 e. The number of nitrogens with two attached hydrogens (primary N) is 1. The zero-order valence-electron chi connectivity index (χ0n) is 16.1. The Kier molecular flexibility index (Phi) is 8.25. The molecule has 0 atom stereocenters. The van der Waals surface area contributed by atoms with Gasteiger partial charge in [-0.25, -0.2) is 9.98 Å². The first kappa shape index (κ1) is 21.7. The topological polar surface area (TPSA) is 72.5 Å². The van der Waals surface area contributed by atoms with Crippen LogP contribution in [0, 0.1) is 13.8 Å². The number of aliphatic imine (C=N–C) groups is 1. The molecule has 0 spiro atoms. The van der Waals surface area contributed by atoms with Gasteiger partial charge in [0.05, 0.1) is 6.54 Å². The number of aromatic nitrogens is 1. The van der Waals surface area contributed by atoms with Crippen LogP contribution in [0.15, 0.2) is 71.9 Å². The van der Waals surface area contributed by atoms with Gasteiger partial charge in [0.2, 0.25) is 5.88 Å². The molecular weight excluding hydrogens is 463 g/mol. The molecule has 0 fully saturated rings. The maximum absolute atomic E-state index is 6.05. The molecule has 0 unspecified atom stereocenters. The van der Waals surface area contributed by atoms with Crippen molar-refractivity contribution in [3.8, 4) is 5.88 Å². The summed E-state index contributed by atoms with van der Waals surface area (Å²) in [6.07, 6.45) is 1.71. The molecule has 28 heavy (non-hydrogen) atoms. The van der Waals surface area contributed by atoms with Crippen molar-refractivity contribution in [3.05, 3.63) is 89.1 Å². The highest BCUT2D eigenvalue weighted by molar-refractivity contribution is 14.0. The molecule has 0 saturated carbocycles. The van der Waals surface area contributed by atoms with Crippen LogP contribution in [0.2, 0.25) is 0 Å². The minimum atomic E-state index is 0. The van der Waals surface area contributed by atoms with Crippen LogP contribution in [0.1, 0.15) is 22.3 Å². The summed E-state index contributed by atoms with van der Waals surface area (Å²) in [5.74, 6) is 0.933. The highest BCUT2D eigenvalue weighted by Crippen LogP contribution is 2.18. The molecule has 3 aromatic rings. The molecule has 2 aromatic carbocycles. The molecule has 3 N–H and O–H groups in total. The number of rotatable bonds is 6. The van der Waals surface area contributed by atoms with E-state index in [4.69, 9.17) is 10.5 Å². The van der Waals surface area contributed by atoms with Gasteiger partial charge in [0, 0.05) is 17.4 Å². The second-order valence-corrected chi connectivity index (χ2v) is 6.44. The summed E-state index contributed by atoms with van der Waals surface area (Å²) in [6, 6.07) is 20.0. The molecule has 5 nitrogen and oxygen atoms in total. The number of nitrogens with one attached hydrogen (secondary N) is 1. The molecule has 1 heterocycles. The minimum Gasteiger partial charge on any atom is -0.473 e. The lowest BCUT2D eigenvalue weighted by Gasteiger charge is -2.10. The number of aryl methyl sites for hydroxylation is 2. The summed E-state index contributed by atoms with van der Waals surface area (Å²) in [5, 5.41) is 3.14. The molecule has 0 bridgehead atoms. The lowest BCUT2D eigenvalue weighted by Crippen LogP contribution is -2.22. The van der Waals surface area contributed by atoms with Gasteiger partial charge < -0.3 is 15.8 Å². The van der Waals surface area contributed by atoms with E-state index in [2.05, 4.69) is 35.2 Å². The lowest BCUT2D eigenvalue weighted by molar-refractivity contribution is 0.290. The van der Waals surface area contributed by atoms with Gasteiger partial charge in [-0.3, -0.25) is 0 Å². The van der Waals surface area contributed by atoms with Gasteiger partial charge >= 0.3 is 0 Å². The van der Waals surface area contributed by atoms with Crippen LogP contribution in [0.4, 0.5) is 5.69 Å². The average molecular weight is 488 g/mol. The van der Waals surface area contributed by atoms with Crippen molar-refractivity contribution in [1.29, 1.82) is 0 Å². The minimum absolute atomic E-state index is 0. The second-order valence-electron chi connectivity index (χ2n) is 6.44. The van der Waals surface area contributed by atoms with E-state index >= 15 is 0 Å². The number of nitrogens with zero attached hydrogens (tertiary/aromatic N) is 2. The first-order valence-corrected chi connectivity index (χ1v) is 8.86. The molecule has 6 heteroatoms.